The van der Waals surface area contributed by atoms with E-state index in [0.717, 1.165) is 62.1 Å². The number of piperidine rings is 1. The van der Waals surface area contributed by atoms with Crippen molar-refractivity contribution in [1.29, 1.82) is 5.26 Å². The van der Waals surface area contributed by atoms with Crippen molar-refractivity contribution in [2.75, 3.05) is 6.54 Å². The molecule has 0 radical (unpaired) electrons. The molecule has 2 amide bonds. The van der Waals surface area contributed by atoms with Crippen molar-refractivity contribution in [2.45, 2.75) is 82.5 Å². The van der Waals surface area contributed by atoms with Crippen LogP contribution in [0.15, 0.2) is 30.5 Å². The summed E-state index contributed by atoms with van der Waals surface area (Å²) in [6.07, 6.45) is 9.02. The van der Waals surface area contributed by atoms with Gasteiger partial charge in [0.25, 0.3) is 5.91 Å². The van der Waals surface area contributed by atoms with Crippen LogP contribution >= 0.6 is 0 Å². The Balaban J connectivity index is 1.10. The van der Waals surface area contributed by atoms with Crippen LogP contribution in [0, 0.1) is 22.2 Å². The van der Waals surface area contributed by atoms with Crippen molar-refractivity contribution in [2.24, 2.45) is 10.8 Å². The van der Waals surface area contributed by atoms with Gasteiger partial charge in [-0.1, -0.05) is 13.0 Å². The van der Waals surface area contributed by atoms with E-state index in [4.69, 9.17) is 4.74 Å². The first-order valence-corrected chi connectivity index (χ1v) is 12.6. The Morgan fingerprint density at radius 2 is 2.00 bits per heavy atom. The van der Waals surface area contributed by atoms with Crippen LogP contribution in [0.1, 0.15) is 73.7 Å². The highest BCUT2D eigenvalue weighted by Crippen LogP contribution is 2.72. The van der Waals surface area contributed by atoms with Crippen LogP contribution in [-0.2, 0) is 11.3 Å². The van der Waals surface area contributed by atoms with Gasteiger partial charge in [-0.15, -0.1) is 0 Å². The fourth-order valence-electron chi connectivity index (χ4n) is 7.00. The molecule has 2 bridgehead atoms. The monoisotopic (exact) mass is 460 g/mol. The van der Waals surface area contributed by atoms with Gasteiger partial charge in [-0.25, -0.2) is 0 Å². The van der Waals surface area contributed by atoms with Gasteiger partial charge in [0.15, 0.2) is 0 Å². The molecule has 7 rings (SSSR count). The zero-order valence-corrected chi connectivity index (χ0v) is 19.6. The summed E-state index contributed by atoms with van der Waals surface area (Å²) in [5.74, 6) is 0.567. The molecule has 1 unspecified atom stereocenters. The number of nitrogens with one attached hydrogen (secondary N) is 2. The second-order valence-electron chi connectivity index (χ2n) is 11.2. The summed E-state index contributed by atoms with van der Waals surface area (Å²) in [6, 6.07) is 8.09. The predicted octanol–water partition coefficient (Wildman–Crippen LogP) is 3.41. The average molecular weight is 461 g/mol. The third kappa shape index (κ3) is 3.51. The molecule has 0 spiro atoms. The molecule has 0 aromatic heterocycles. The van der Waals surface area contributed by atoms with Crippen LogP contribution < -0.4 is 15.4 Å². The number of carbonyl (C=O) groups excluding carboxylic acids is 2. The smallest absolute Gasteiger partial charge is 0.255 e. The summed E-state index contributed by atoms with van der Waals surface area (Å²) < 4.78 is 6.48. The number of allylic oxidation sites excluding steroid dienone is 1. The van der Waals surface area contributed by atoms with E-state index in [-0.39, 0.29) is 23.3 Å². The first-order valence-electron chi connectivity index (χ1n) is 12.6. The van der Waals surface area contributed by atoms with Crippen molar-refractivity contribution in [3.05, 3.63) is 41.6 Å². The van der Waals surface area contributed by atoms with E-state index in [9.17, 15) is 14.9 Å². The summed E-state index contributed by atoms with van der Waals surface area (Å²) in [4.78, 5) is 27.1. The molecule has 4 aliphatic carbocycles. The minimum absolute atomic E-state index is 0.00778. The van der Waals surface area contributed by atoms with Crippen molar-refractivity contribution >= 4 is 11.8 Å². The van der Waals surface area contributed by atoms with Crippen molar-refractivity contribution in [3.63, 3.8) is 0 Å². The molecule has 7 nitrogen and oxygen atoms in total. The fourth-order valence-corrected chi connectivity index (χ4v) is 7.00. The van der Waals surface area contributed by atoms with Gasteiger partial charge in [0.2, 0.25) is 5.91 Å². The van der Waals surface area contributed by atoms with Crippen molar-refractivity contribution < 1.29 is 14.3 Å². The largest absolute Gasteiger partial charge is 0.489 e. The maximum absolute atomic E-state index is 13.0. The Labute approximate surface area is 200 Å². The van der Waals surface area contributed by atoms with Gasteiger partial charge in [-0.05, 0) is 80.5 Å². The molecular formula is C27H32N4O3. The summed E-state index contributed by atoms with van der Waals surface area (Å²) >= 11 is 0. The molecule has 4 saturated carbocycles. The Hall–Kier alpha value is -2.85. The summed E-state index contributed by atoms with van der Waals surface area (Å²) in [5, 5.41) is 15.9. The number of hydrogen-bond donors (Lipinski definition) is 2. The van der Waals surface area contributed by atoms with Gasteiger partial charge >= 0.3 is 0 Å². The highest BCUT2D eigenvalue weighted by atomic mass is 16.5. The van der Waals surface area contributed by atoms with E-state index in [1.807, 2.05) is 18.2 Å². The first kappa shape index (κ1) is 21.7. The number of carbonyl (C=O) groups is 2. The maximum Gasteiger partial charge on any atom is 0.255 e. The van der Waals surface area contributed by atoms with E-state index in [1.54, 1.807) is 4.90 Å². The molecule has 6 aliphatic rings. The summed E-state index contributed by atoms with van der Waals surface area (Å²) in [7, 11) is 0. The second-order valence-corrected chi connectivity index (χ2v) is 11.2. The topological polar surface area (TPSA) is 94.5 Å². The molecular weight excluding hydrogens is 428 g/mol. The lowest BCUT2D eigenvalue weighted by atomic mass is 9.35. The highest BCUT2D eigenvalue weighted by molar-refractivity contribution is 6.01. The van der Waals surface area contributed by atoms with Crippen LogP contribution in [0.4, 0.5) is 0 Å². The quantitative estimate of drug-likeness (QED) is 0.679. The van der Waals surface area contributed by atoms with Gasteiger partial charge in [0, 0.05) is 30.4 Å². The van der Waals surface area contributed by atoms with Gasteiger partial charge in [-0.3, -0.25) is 9.59 Å². The van der Waals surface area contributed by atoms with Crippen LogP contribution in [0.25, 0.3) is 0 Å². The molecule has 1 aromatic rings. The standard InChI is InChI=1S/C27H32N4O3/c1-17-6-9-22(24(32)30-17)31-11-18-10-19(7-8-20(18)25(31)33)34-23-5-3-2-4-21(23)29-16-27-12-26(13-27,14-27)15-28/h7-8,10,21-23,29H,1-6,9,11-14,16H2,(H,30,32)/t21-,22?,23-,26?,27?/m0/s1. The van der Waals surface area contributed by atoms with Gasteiger partial charge in [-0.2, -0.15) is 5.26 Å². The number of benzene rings is 1. The first-order chi connectivity index (χ1) is 16.4. The Bertz CT molecular complexity index is 1090. The molecule has 3 atom stereocenters. The van der Waals surface area contributed by atoms with E-state index >= 15 is 0 Å². The number of rotatable bonds is 6. The van der Waals surface area contributed by atoms with E-state index in [2.05, 4.69) is 23.3 Å². The van der Waals surface area contributed by atoms with Crippen molar-refractivity contribution in [1.82, 2.24) is 15.5 Å². The molecule has 1 aromatic carbocycles. The Morgan fingerprint density at radius 1 is 1.21 bits per heavy atom. The number of ether oxygens (including phenoxy) is 1. The van der Waals surface area contributed by atoms with Gasteiger partial charge < -0.3 is 20.3 Å². The zero-order valence-electron chi connectivity index (χ0n) is 19.6. The Kier molecular flexibility index (Phi) is 5.00. The molecule has 2 aliphatic heterocycles. The normalized spacial score (nSPS) is 36.1. The lowest BCUT2D eigenvalue weighted by Crippen LogP contribution is -2.65. The SMILES string of the molecule is C=C1CCC(N2Cc3cc(O[C@H]4CCCC[C@@H]4NCC45CC(C#N)(C4)C5)ccc3C2=O)C(=O)N1. The minimum atomic E-state index is -0.446. The molecule has 2 heterocycles. The van der Waals surface area contributed by atoms with Crippen LogP contribution in [0.2, 0.25) is 0 Å². The number of amides is 2. The molecule has 178 valence electrons. The number of nitrogens with zero attached hydrogens (tertiary/aromatic N) is 2. The number of fused-ring (bicyclic) bond motifs is 1. The average Bonchev–Trinajstić information content (AvgIpc) is 3.09. The molecule has 5 fully saturated rings. The molecule has 7 heteroatoms. The van der Waals surface area contributed by atoms with Gasteiger partial charge in [0.05, 0.1) is 11.5 Å². The van der Waals surface area contributed by atoms with E-state index < -0.39 is 6.04 Å². The third-order valence-electron chi connectivity index (χ3n) is 8.71. The van der Waals surface area contributed by atoms with Crippen LogP contribution in [-0.4, -0.2) is 41.4 Å². The zero-order chi connectivity index (χ0) is 23.5. The van der Waals surface area contributed by atoms with Crippen molar-refractivity contribution in [3.8, 4) is 11.8 Å². The number of nitriles is 1. The molecule has 2 N–H and O–H groups in total. The molecule has 34 heavy (non-hydrogen) atoms. The maximum atomic E-state index is 13.0. The lowest BCUT2D eigenvalue weighted by molar-refractivity contribution is -0.161. The number of hydrogen-bond acceptors (Lipinski definition) is 5. The summed E-state index contributed by atoms with van der Waals surface area (Å²) in [5.41, 5.74) is 2.64. The summed E-state index contributed by atoms with van der Waals surface area (Å²) in [6.45, 7) is 5.24. The third-order valence-corrected chi connectivity index (χ3v) is 8.71. The van der Waals surface area contributed by atoms with E-state index in [0.29, 0.717) is 36.4 Å². The van der Waals surface area contributed by atoms with Crippen LogP contribution in [0.3, 0.4) is 0 Å². The molecule has 1 saturated heterocycles. The minimum Gasteiger partial charge on any atom is -0.489 e. The van der Waals surface area contributed by atoms with Gasteiger partial charge in [0.1, 0.15) is 17.9 Å². The fraction of sp³-hybridized carbons (Fsp3) is 0.593. The lowest BCUT2D eigenvalue weighted by Gasteiger charge is -2.67. The van der Waals surface area contributed by atoms with E-state index in [1.165, 1.54) is 6.42 Å². The Morgan fingerprint density at radius 3 is 2.76 bits per heavy atom. The van der Waals surface area contributed by atoms with Crippen LogP contribution in [0.5, 0.6) is 5.75 Å². The second kappa shape index (κ2) is 7.84. The highest BCUT2D eigenvalue weighted by Gasteiger charge is 2.68. The predicted molar refractivity (Wildman–Crippen MR) is 126 cm³/mol.